The van der Waals surface area contributed by atoms with Gasteiger partial charge in [0.05, 0.1) is 6.61 Å². The molecule has 4 unspecified atom stereocenters. The lowest BCUT2D eigenvalue weighted by atomic mass is 9.75. The average Bonchev–Trinajstić information content (AvgIpc) is 2.53. The van der Waals surface area contributed by atoms with Gasteiger partial charge < -0.3 is 24.8 Å². The first kappa shape index (κ1) is 16.4. The van der Waals surface area contributed by atoms with Gasteiger partial charge in [-0.15, -0.1) is 0 Å². The molecule has 1 fully saturated rings. The van der Waals surface area contributed by atoms with E-state index in [1.807, 2.05) is 37.3 Å². The van der Waals surface area contributed by atoms with Crippen molar-refractivity contribution in [2.24, 2.45) is 0 Å². The van der Waals surface area contributed by atoms with Crippen LogP contribution in [-0.2, 0) is 15.1 Å². The fraction of sp³-hybridized carbons (Fsp3) is 0.625. The van der Waals surface area contributed by atoms with E-state index in [0.717, 1.165) is 18.4 Å². The Morgan fingerprint density at radius 2 is 1.95 bits per heavy atom. The monoisotopic (exact) mass is 296 g/mol. The minimum Gasteiger partial charge on any atom is -0.388 e. The summed E-state index contributed by atoms with van der Waals surface area (Å²) in [6.07, 6.45) is -0.428. The predicted molar refractivity (Wildman–Crippen MR) is 77.6 cm³/mol. The molecule has 2 rings (SSSR count). The van der Waals surface area contributed by atoms with E-state index in [1.54, 1.807) is 0 Å². The smallest absolute Gasteiger partial charge is 0.228 e. The molecule has 0 saturated carbocycles. The third kappa shape index (κ3) is 2.60. The van der Waals surface area contributed by atoms with Crippen molar-refractivity contribution in [3.63, 3.8) is 0 Å². The van der Waals surface area contributed by atoms with Crippen molar-refractivity contribution < 1.29 is 24.8 Å². The van der Waals surface area contributed by atoms with E-state index in [0.29, 0.717) is 6.42 Å². The zero-order valence-electron chi connectivity index (χ0n) is 12.5. The van der Waals surface area contributed by atoms with Crippen LogP contribution in [0.3, 0.4) is 0 Å². The molecular weight excluding hydrogens is 272 g/mol. The van der Waals surface area contributed by atoms with E-state index in [9.17, 15) is 15.3 Å². The van der Waals surface area contributed by atoms with Crippen molar-refractivity contribution in [3.05, 3.63) is 35.9 Å². The molecule has 0 aromatic heterocycles. The van der Waals surface area contributed by atoms with Crippen LogP contribution in [0.1, 0.15) is 31.7 Å². The highest BCUT2D eigenvalue weighted by molar-refractivity contribution is 5.28. The second kappa shape index (κ2) is 6.42. The molecule has 1 aliphatic heterocycles. The van der Waals surface area contributed by atoms with Gasteiger partial charge in [0.15, 0.2) is 0 Å². The van der Waals surface area contributed by atoms with E-state index in [1.165, 1.54) is 7.11 Å². The van der Waals surface area contributed by atoms with Crippen LogP contribution in [0, 0.1) is 0 Å². The van der Waals surface area contributed by atoms with Crippen molar-refractivity contribution in [1.82, 2.24) is 0 Å². The van der Waals surface area contributed by atoms with Crippen LogP contribution in [0.5, 0.6) is 0 Å². The lowest BCUT2D eigenvalue weighted by molar-refractivity contribution is -0.387. The third-order valence-electron chi connectivity index (χ3n) is 4.28. The highest BCUT2D eigenvalue weighted by atomic mass is 16.7. The minimum atomic E-state index is -2.00. The Kier molecular flexibility index (Phi) is 5.01. The molecule has 3 N–H and O–H groups in total. The summed E-state index contributed by atoms with van der Waals surface area (Å²) in [5.41, 5.74) is -0.466. The van der Waals surface area contributed by atoms with Gasteiger partial charge in [0.25, 0.3) is 0 Å². The van der Waals surface area contributed by atoms with Crippen LogP contribution in [0.4, 0.5) is 0 Å². The van der Waals surface area contributed by atoms with Gasteiger partial charge in [-0.1, -0.05) is 50.1 Å². The number of unbranched alkanes of at least 4 members (excludes halogenated alkanes) is 1. The van der Waals surface area contributed by atoms with Gasteiger partial charge in [-0.05, 0) is 12.0 Å². The first-order valence-corrected chi connectivity index (χ1v) is 7.35. The Labute approximate surface area is 125 Å². The predicted octanol–water partition coefficient (Wildman–Crippen LogP) is 1.16. The number of benzene rings is 1. The van der Waals surface area contributed by atoms with Gasteiger partial charge in [-0.2, -0.15) is 0 Å². The zero-order chi connectivity index (χ0) is 15.5. The standard InChI is InChI=1S/C16H24O5/c1-3-4-10-15(12-8-6-5-7-9-12)16(19,20-2)14(18)13(17)11-21-15/h5-9,13-14,17-19H,3-4,10-11H2,1-2H3. The molecule has 1 saturated heterocycles. The maximum atomic E-state index is 11.0. The first-order valence-electron chi connectivity index (χ1n) is 7.35. The van der Waals surface area contributed by atoms with E-state index >= 15 is 0 Å². The number of aliphatic hydroxyl groups excluding tert-OH is 2. The summed E-state index contributed by atoms with van der Waals surface area (Å²) >= 11 is 0. The van der Waals surface area contributed by atoms with Gasteiger partial charge in [-0.25, -0.2) is 0 Å². The quantitative estimate of drug-likeness (QED) is 0.711. The molecule has 1 aliphatic rings. The van der Waals surface area contributed by atoms with Gasteiger partial charge >= 0.3 is 0 Å². The van der Waals surface area contributed by atoms with Gasteiger partial charge in [0.1, 0.15) is 17.8 Å². The molecule has 5 nitrogen and oxygen atoms in total. The lowest BCUT2D eigenvalue weighted by Crippen LogP contribution is -2.69. The molecule has 21 heavy (non-hydrogen) atoms. The van der Waals surface area contributed by atoms with Crippen LogP contribution in [0.25, 0.3) is 0 Å². The maximum Gasteiger partial charge on any atom is 0.228 e. The van der Waals surface area contributed by atoms with Crippen LogP contribution < -0.4 is 0 Å². The minimum absolute atomic E-state index is 0.0502. The molecule has 1 heterocycles. The first-order chi connectivity index (χ1) is 10.0. The van der Waals surface area contributed by atoms with Crippen LogP contribution in [0.15, 0.2) is 30.3 Å². The summed E-state index contributed by atoms with van der Waals surface area (Å²) < 4.78 is 11.1. The Hall–Kier alpha value is -0.980. The summed E-state index contributed by atoms with van der Waals surface area (Å²) in [6.45, 7) is 1.99. The number of hydrogen-bond donors (Lipinski definition) is 3. The van der Waals surface area contributed by atoms with E-state index in [-0.39, 0.29) is 6.61 Å². The highest BCUT2D eigenvalue weighted by Gasteiger charge is 2.62. The van der Waals surface area contributed by atoms with Crippen LogP contribution >= 0.6 is 0 Å². The Bertz CT molecular complexity index is 447. The Balaban J connectivity index is 2.52. The van der Waals surface area contributed by atoms with E-state index in [2.05, 4.69) is 0 Å². The fourth-order valence-corrected chi connectivity index (χ4v) is 3.03. The number of aliphatic hydroxyl groups is 3. The topological polar surface area (TPSA) is 79.2 Å². The average molecular weight is 296 g/mol. The fourth-order valence-electron chi connectivity index (χ4n) is 3.03. The Morgan fingerprint density at radius 1 is 1.29 bits per heavy atom. The third-order valence-corrected chi connectivity index (χ3v) is 4.28. The SMILES string of the molecule is CCCCC1(c2ccccc2)OCC(O)C(O)C1(O)OC. The van der Waals surface area contributed by atoms with Gasteiger partial charge in [0, 0.05) is 7.11 Å². The number of hydrogen-bond acceptors (Lipinski definition) is 5. The highest BCUT2D eigenvalue weighted by Crippen LogP contribution is 2.47. The number of rotatable bonds is 5. The molecule has 4 atom stereocenters. The molecule has 118 valence electrons. The molecule has 1 aromatic rings. The molecule has 0 bridgehead atoms. The second-order valence-corrected chi connectivity index (χ2v) is 5.52. The number of methoxy groups -OCH3 is 1. The summed E-state index contributed by atoms with van der Waals surface area (Å²) in [4.78, 5) is 0. The van der Waals surface area contributed by atoms with Crippen LogP contribution in [-0.4, -0.2) is 47.0 Å². The Morgan fingerprint density at radius 3 is 2.52 bits per heavy atom. The summed E-state index contributed by atoms with van der Waals surface area (Å²) in [5.74, 6) is -2.00. The van der Waals surface area contributed by atoms with Gasteiger partial charge in [-0.3, -0.25) is 0 Å². The maximum absolute atomic E-state index is 11.0. The summed E-state index contributed by atoms with van der Waals surface area (Å²) in [5, 5.41) is 31.1. The van der Waals surface area contributed by atoms with Crippen molar-refractivity contribution in [1.29, 1.82) is 0 Å². The van der Waals surface area contributed by atoms with E-state index < -0.39 is 23.6 Å². The summed E-state index contributed by atoms with van der Waals surface area (Å²) in [6, 6.07) is 9.24. The molecule has 0 radical (unpaired) electrons. The molecule has 0 spiro atoms. The second-order valence-electron chi connectivity index (χ2n) is 5.52. The normalized spacial score (nSPS) is 36.6. The molecule has 0 aliphatic carbocycles. The van der Waals surface area contributed by atoms with Crippen molar-refractivity contribution >= 4 is 0 Å². The summed E-state index contributed by atoms with van der Waals surface area (Å²) in [7, 11) is 1.31. The van der Waals surface area contributed by atoms with E-state index in [4.69, 9.17) is 9.47 Å². The van der Waals surface area contributed by atoms with Crippen molar-refractivity contribution in [2.75, 3.05) is 13.7 Å². The van der Waals surface area contributed by atoms with Gasteiger partial charge in [0.2, 0.25) is 5.79 Å². The molecule has 5 heteroatoms. The largest absolute Gasteiger partial charge is 0.388 e. The van der Waals surface area contributed by atoms with Crippen molar-refractivity contribution in [2.45, 2.75) is 49.8 Å². The number of ether oxygens (including phenoxy) is 2. The molecular formula is C16H24O5. The lowest BCUT2D eigenvalue weighted by Gasteiger charge is -2.52. The van der Waals surface area contributed by atoms with Crippen molar-refractivity contribution in [3.8, 4) is 0 Å². The zero-order valence-corrected chi connectivity index (χ0v) is 12.5. The molecule has 1 aromatic carbocycles. The van der Waals surface area contributed by atoms with Crippen LogP contribution in [0.2, 0.25) is 0 Å². The molecule has 0 amide bonds.